The molecule has 0 heterocycles. The monoisotopic (exact) mass is 294 g/mol. The van der Waals surface area contributed by atoms with Crippen molar-refractivity contribution in [3.8, 4) is 0 Å². The molecule has 1 fully saturated rings. The van der Waals surface area contributed by atoms with Crippen LogP contribution < -0.4 is 5.32 Å². The van der Waals surface area contributed by atoms with Gasteiger partial charge in [0.15, 0.2) is 0 Å². The van der Waals surface area contributed by atoms with Gasteiger partial charge in [0, 0.05) is 25.2 Å². The third-order valence-electron chi connectivity index (χ3n) is 3.93. The molecular weight excluding hydrogens is 271 g/mol. The molecule has 0 bridgehead atoms. The van der Waals surface area contributed by atoms with Crippen LogP contribution in [0.25, 0.3) is 0 Å². The SMILES string of the molecule is CN(CCC(=O)Nc1cccc(F)c1)CC1(O)CCCC1. The minimum atomic E-state index is -0.589. The normalized spacial score (nSPS) is 17.1. The number of nitrogens with one attached hydrogen (secondary N) is 1. The lowest BCUT2D eigenvalue weighted by atomic mass is 10.0. The van der Waals surface area contributed by atoms with Crippen LogP contribution in [-0.2, 0) is 4.79 Å². The molecule has 1 aliphatic rings. The minimum Gasteiger partial charge on any atom is -0.389 e. The molecule has 0 atom stereocenters. The second-order valence-corrected chi connectivity index (χ2v) is 5.98. The molecule has 1 saturated carbocycles. The Bertz CT molecular complexity index is 487. The predicted octanol–water partition coefficient (Wildman–Crippen LogP) is 2.39. The third kappa shape index (κ3) is 5.10. The van der Waals surface area contributed by atoms with Crippen LogP contribution in [-0.4, -0.2) is 41.7 Å². The zero-order valence-electron chi connectivity index (χ0n) is 12.4. The van der Waals surface area contributed by atoms with Crippen molar-refractivity contribution in [2.45, 2.75) is 37.7 Å². The van der Waals surface area contributed by atoms with Crippen LogP contribution in [0.5, 0.6) is 0 Å². The van der Waals surface area contributed by atoms with Gasteiger partial charge < -0.3 is 15.3 Å². The van der Waals surface area contributed by atoms with Crippen molar-refractivity contribution in [2.75, 3.05) is 25.5 Å². The standard InChI is InChI=1S/C16H23FN2O2/c1-19(12-16(21)8-2-3-9-16)10-7-15(20)18-14-6-4-5-13(17)11-14/h4-6,11,21H,2-3,7-10,12H2,1H3,(H,18,20). The topological polar surface area (TPSA) is 52.6 Å². The molecule has 21 heavy (non-hydrogen) atoms. The Morgan fingerprint density at radius 1 is 1.43 bits per heavy atom. The molecule has 116 valence electrons. The highest BCUT2D eigenvalue weighted by Gasteiger charge is 2.32. The fraction of sp³-hybridized carbons (Fsp3) is 0.562. The highest BCUT2D eigenvalue weighted by Crippen LogP contribution is 2.29. The lowest BCUT2D eigenvalue weighted by molar-refractivity contribution is -0.116. The van der Waals surface area contributed by atoms with E-state index in [1.807, 2.05) is 11.9 Å². The van der Waals surface area contributed by atoms with Crippen LogP contribution >= 0.6 is 0 Å². The zero-order valence-corrected chi connectivity index (χ0v) is 12.4. The zero-order chi connectivity index (χ0) is 15.3. The molecule has 1 amide bonds. The molecule has 0 radical (unpaired) electrons. The summed E-state index contributed by atoms with van der Waals surface area (Å²) in [6, 6.07) is 5.85. The van der Waals surface area contributed by atoms with E-state index < -0.39 is 5.60 Å². The molecule has 2 rings (SSSR count). The quantitative estimate of drug-likeness (QED) is 0.847. The minimum absolute atomic E-state index is 0.147. The number of carbonyl (C=O) groups excluding carboxylic acids is 1. The molecule has 4 nitrogen and oxygen atoms in total. The van der Waals surface area contributed by atoms with Gasteiger partial charge in [0.1, 0.15) is 5.82 Å². The molecule has 0 aromatic heterocycles. The highest BCUT2D eigenvalue weighted by atomic mass is 19.1. The highest BCUT2D eigenvalue weighted by molar-refractivity contribution is 5.90. The average molecular weight is 294 g/mol. The number of anilines is 1. The summed E-state index contributed by atoms with van der Waals surface area (Å²) in [5.74, 6) is -0.515. The largest absolute Gasteiger partial charge is 0.389 e. The van der Waals surface area contributed by atoms with Gasteiger partial charge in [-0.1, -0.05) is 18.9 Å². The third-order valence-corrected chi connectivity index (χ3v) is 3.93. The summed E-state index contributed by atoms with van der Waals surface area (Å²) < 4.78 is 13.0. The number of rotatable bonds is 6. The van der Waals surface area contributed by atoms with E-state index in [-0.39, 0.29) is 11.7 Å². The van der Waals surface area contributed by atoms with Gasteiger partial charge >= 0.3 is 0 Å². The molecule has 0 spiro atoms. The maximum atomic E-state index is 13.0. The van der Waals surface area contributed by atoms with Gasteiger partial charge in [0.05, 0.1) is 5.60 Å². The first-order chi connectivity index (χ1) is 9.97. The number of halogens is 1. The van der Waals surface area contributed by atoms with E-state index in [9.17, 15) is 14.3 Å². The van der Waals surface area contributed by atoms with E-state index in [1.165, 1.54) is 12.1 Å². The van der Waals surface area contributed by atoms with Crippen LogP contribution in [0.15, 0.2) is 24.3 Å². The van der Waals surface area contributed by atoms with Crippen LogP contribution in [0.4, 0.5) is 10.1 Å². The lowest BCUT2D eigenvalue weighted by Crippen LogP contribution is -2.40. The van der Waals surface area contributed by atoms with E-state index in [0.29, 0.717) is 25.2 Å². The van der Waals surface area contributed by atoms with E-state index in [0.717, 1.165) is 25.7 Å². The van der Waals surface area contributed by atoms with Crippen molar-refractivity contribution in [1.82, 2.24) is 4.90 Å². The van der Waals surface area contributed by atoms with Gasteiger partial charge in [-0.05, 0) is 38.1 Å². The van der Waals surface area contributed by atoms with E-state index in [2.05, 4.69) is 5.32 Å². The van der Waals surface area contributed by atoms with Gasteiger partial charge in [-0.3, -0.25) is 4.79 Å². The lowest BCUT2D eigenvalue weighted by Gasteiger charge is -2.28. The smallest absolute Gasteiger partial charge is 0.225 e. The van der Waals surface area contributed by atoms with Crippen molar-refractivity contribution in [3.05, 3.63) is 30.1 Å². The number of hydrogen-bond donors (Lipinski definition) is 2. The average Bonchev–Trinajstić information content (AvgIpc) is 2.83. The summed E-state index contributed by atoms with van der Waals surface area (Å²) in [7, 11) is 1.91. The number of hydrogen-bond acceptors (Lipinski definition) is 3. The summed E-state index contributed by atoms with van der Waals surface area (Å²) in [6.45, 7) is 1.17. The predicted molar refractivity (Wildman–Crippen MR) is 80.6 cm³/mol. The molecule has 5 heteroatoms. The molecule has 0 saturated heterocycles. The first-order valence-electron chi connectivity index (χ1n) is 7.43. The Balaban J connectivity index is 1.73. The second kappa shape index (κ2) is 7.00. The second-order valence-electron chi connectivity index (χ2n) is 5.98. The molecule has 1 aliphatic carbocycles. The van der Waals surface area contributed by atoms with E-state index >= 15 is 0 Å². The number of aliphatic hydroxyl groups is 1. The summed E-state index contributed by atoms with van der Waals surface area (Å²) >= 11 is 0. The van der Waals surface area contributed by atoms with Crippen molar-refractivity contribution in [1.29, 1.82) is 0 Å². The molecule has 1 aromatic rings. The van der Waals surface area contributed by atoms with Crippen LogP contribution in [0.3, 0.4) is 0 Å². The maximum absolute atomic E-state index is 13.0. The van der Waals surface area contributed by atoms with E-state index in [1.54, 1.807) is 12.1 Å². The van der Waals surface area contributed by atoms with Crippen LogP contribution in [0, 0.1) is 5.82 Å². The Morgan fingerprint density at radius 3 is 2.81 bits per heavy atom. The van der Waals surface area contributed by atoms with Crippen molar-refractivity contribution >= 4 is 11.6 Å². The summed E-state index contributed by atoms with van der Waals surface area (Å²) in [4.78, 5) is 13.8. The molecular formula is C16H23FN2O2. The summed E-state index contributed by atoms with van der Waals surface area (Å²) in [5.41, 5.74) is -0.120. The number of carbonyl (C=O) groups is 1. The number of amides is 1. The maximum Gasteiger partial charge on any atom is 0.225 e. The number of likely N-dealkylation sites (N-methyl/N-ethyl adjacent to an activating group) is 1. The van der Waals surface area contributed by atoms with Gasteiger partial charge in [-0.2, -0.15) is 0 Å². The van der Waals surface area contributed by atoms with Gasteiger partial charge in [0.25, 0.3) is 0 Å². The van der Waals surface area contributed by atoms with Gasteiger partial charge in [-0.25, -0.2) is 4.39 Å². The van der Waals surface area contributed by atoms with Gasteiger partial charge in [-0.15, -0.1) is 0 Å². The fourth-order valence-corrected chi connectivity index (χ4v) is 2.85. The van der Waals surface area contributed by atoms with Crippen LogP contribution in [0.2, 0.25) is 0 Å². The Hall–Kier alpha value is -1.46. The number of nitrogens with zero attached hydrogens (tertiary/aromatic N) is 1. The Morgan fingerprint density at radius 2 is 2.14 bits per heavy atom. The summed E-state index contributed by atoms with van der Waals surface area (Å²) in [5, 5.41) is 13.0. The Labute approximate surface area is 125 Å². The molecule has 0 unspecified atom stereocenters. The number of benzene rings is 1. The van der Waals surface area contributed by atoms with Crippen molar-refractivity contribution in [3.63, 3.8) is 0 Å². The van der Waals surface area contributed by atoms with Crippen LogP contribution in [0.1, 0.15) is 32.1 Å². The van der Waals surface area contributed by atoms with Crippen molar-refractivity contribution in [2.24, 2.45) is 0 Å². The summed E-state index contributed by atoms with van der Waals surface area (Å²) in [6.07, 6.45) is 4.15. The first kappa shape index (κ1) is 15.9. The van der Waals surface area contributed by atoms with E-state index in [4.69, 9.17) is 0 Å². The molecule has 2 N–H and O–H groups in total. The fourth-order valence-electron chi connectivity index (χ4n) is 2.85. The Kier molecular flexibility index (Phi) is 5.31. The van der Waals surface area contributed by atoms with Gasteiger partial charge in [0.2, 0.25) is 5.91 Å². The molecule has 0 aliphatic heterocycles. The van der Waals surface area contributed by atoms with Crippen molar-refractivity contribution < 1.29 is 14.3 Å². The molecule has 1 aromatic carbocycles. The first-order valence-corrected chi connectivity index (χ1v) is 7.43.